The Morgan fingerprint density at radius 1 is 2.00 bits per heavy atom. The summed E-state index contributed by atoms with van der Waals surface area (Å²) >= 11 is 0. The van der Waals surface area contributed by atoms with Crippen molar-refractivity contribution in [2.75, 3.05) is 0 Å². The van der Waals surface area contributed by atoms with Gasteiger partial charge < -0.3 is 10.2 Å². The van der Waals surface area contributed by atoms with E-state index in [9.17, 15) is 0 Å². The molecule has 0 aromatic carbocycles. The third kappa shape index (κ3) is 0.337. The van der Waals surface area contributed by atoms with Crippen molar-refractivity contribution in [3.63, 3.8) is 0 Å². The predicted molar refractivity (Wildman–Crippen MR) is 21.9 cm³/mol. The maximum atomic E-state index is 4.42. The van der Waals surface area contributed by atoms with Gasteiger partial charge in [-0.25, -0.2) is 0 Å². The molecule has 32 valence electrons. The molecule has 0 bridgehead atoms. The summed E-state index contributed by atoms with van der Waals surface area (Å²) in [6.07, 6.45) is 1.43. The summed E-state index contributed by atoms with van der Waals surface area (Å²) in [4.78, 5) is 4.42. The number of nitrogens with zero attached hydrogens (tertiary/aromatic N) is 1. The van der Waals surface area contributed by atoms with E-state index in [2.05, 4.69) is 21.9 Å². The first-order valence-corrected chi connectivity index (χ1v) is 1.54. The number of hydrogen-bond acceptors (Lipinski definition) is 3. The quantitative estimate of drug-likeness (QED) is 0.449. The second-order valence-electron chi connectivity index (χ2n) is 0.893. The normalized spacial score (nSPS) is 17.0. The lowest BCUT2D eigenvalue weighted by atomic mass is 10.9. The van der Waals surface area contributed by atoms with Crippen LogP contribution in [0.3, 0.4) is 0 Å². The molecule has 0 amide bonds. The van der Waals surface area contributed by atoms with E-state index in [1.54, 1.807) is 0 Å². The van der Waals surface area contributed by atoms with Crippen LogP contribution in [0.2, 0.25) is 0 Å². The van der Waals surface area contributed by atoms with Gasteiger partial charge in [-0.2, -0.15) is 0 Å². The van der Waals surface area contributed by atoms with E-state index >= 15 is 0 Å². The van der Waals surface area contributed by atoms with Gasteiger partial charge in [-0.05, 0) is 6.58 Å². The van der Waals surface area contributed by atoms with E-state index < -0.39 is 0 Å². The molecule has 1 heterocycles. The maximum Gasteiger partial charge on any atom is 0.220 e. The summed E-state index contributed by atoms with van der Waals surface area (Å²) < 4.78 is 0. The average molecular weight is 84.1 g/mol. The standard InChI is InChI=1S/C3H4N2O/c1-3-4-2-5-6-3/h2H,1H2,(H,4,5). The molecule has 3 heteroatoms. The smallest absolute Gasteiger partial charge is 0.220 e. The molecule has 1 aliphatic heterocycles. The first kappa shape index (κ1) is 3.21. The molecular formula is C3H4N2O. The summed E-state index contributed by atoms with van der Waals surface area (Å²) in [7, 11) is 0. The van der Waals surface area contributed by atoms with Gasteiger partial charge in [-0.15, -0.1) is 0 Å². The van der Waals surface area contributed by atoms with Crippen LogP contribution in [-0.4, -0.2) is 6.34 Å². The third-order valence-corrected chi connectivity index (χ3v) is 0.441. The molecule has 0 unspecified atom stereocenters. The number of rotatable bonds is 0. The molecular weight excluding hydrogens is 80.0 g/mol. The minimum absolute atomic E-state index is 0.481. The van der Waals surface area contributed by atoms with Crippen molar-refractivity contribution in [3.05, 3.63) is 12.5 Å². The molecule has 0 aliphatic carbocycles. The second-order valence-corrected chi connectivity index (χ2v) is 0.893. The van der Waals surface area contributed by atoms with E-state index in [0.29, 0.717) is 5.88 Å². The van der Waals surface area contributed by atoms with Gasteiger partial charge in [-0.1, -0.05) is 5.16 Å². The second kappa shape index (κ2) is 1.01. The molecule has 1 aliphatic rings. The zero-order chi connectivity index (χ0) is 4.41. The topological polar surface area (TPSA) is 33.6 Å². The van der Waals surface area contributed by atoms with Crippen LogP contribution >= 0.6 is 0 Å². The molecule has 0 saturated heterocycles. The Kier molecular flexibility index (Phi) is 0.538. The fourth-order valence-corrected chi connectivity index (χ4v) is 0.215. The Morgan fingerprint density at radius 2 is 2.83 bits per heavy atom. The van der Waals surface area contributed by atoms with Crippen LogP contribution in [0.1, 0.15) is 0 Å². The molecule has 0 fully saturated rings. The van der Waals surface area contributed by atoms with Gasteiger partial charge in [-0.3, -0.25) is 0 Å². The van der Waals surface area contributed by atoms with Crippen molar-refractivity contribution in [3.8, 4) is 0 Å². The van der Waals surface area contributed by atoms with E-state index in [-0.39, 0.29) is 0 Å². The summed E-state index contributed by atoms with van der Waals surface area (Å²) in [6, 6.07) is 0. The van der Waals surface area contributed by atoms with Gasteiger partial charge in [0.15, 0.2) is 0 Å². The number of nitrogens with one attached hydrogen (secondary N) is 1. The molecule has 0 radical (unpaired) electrons. The Hall–Kier alpha value is -0.990. The lowest BCUT2D eigenvalue weighted by Crippen LogP contribution is -2.00. The lowest BCUT2D eigenvalue weighted by molar-refractivity contribution is 0.240. The summed E-state index contributed by atoms with van der Waals surface area (Å²) in [5.41, 5.74) is 0. The Bertz CT molecular complexity index is 87.0. The highest BCUT2D eigenvalue weighted by atomic mass is 16.7. The lowest BCUT2D eigenvalue weighted by Gasteiger charge is -1.84. The molecule has 0 spiro atoms. The van der Waals surface area contributed by atoms with Crippen molar-refractivity contribution < 1.29 is 4.84 Å². The number of oxime groups is 1. The summed E-state index contributed by atoms with van der Waals surface area (Å²) in [6.45, 7) is 3.40. The largest absolute Gasteiger partial charge is 0.338 e. The van der Waals surface area contributed by atoms with Crippen molar-refractivity contribution in [1.82, 2.24) is 5.32 Å². The van der Waals surface area contributed by atoms with E-state index in [0.717, 1.165) is 0 Å². The van der Waals surface area contributed by atoms with Gasteiger partial charge in [0.1, 0.15) is 6.34 Å². The van der Waals surface area contributed by atoms with Crippen LogP contribution in [0.4, 0.5) is 0 Å². The molecule has 6 heavy (non-hydrogen) atoms. The van der Waals surface area contributed by atoms with Gasteiger partial charge in [0.05, 0.1) is 0 Å². The molecule has 1 N–H and O–H groups in total. The van der Waals surface area contributed by atoms with Crippen LogP contribution in [0.5, 0.6) is 0 Å². The van der Waals surface area contributed by atoms with Gasteiger partial charge in [0.2, 0.25) is 5.88 Å². The van der Waals surface area contributed by atoms with Crippen LogP contribution < -0.4 is 5.32 Å². The fraction of sp³-hybridized carbons (Fsp3) is 0. The van der Waals surface area contributed by atoms with Crippen LogP contribution in [0.15, 0.2) is 17.6 Å². The van der Waals surface area contributed by atoms with E-state index in [1.165, 1.54) is 6.34 Å². The van der Waals surface area contributed by atoms with Crippen molar-refractivity contribution in [1.29, 1.82) is 0 Å². The SMILES string of the molecule is C=C1NC=NO1. The van der Waals surface area contributed by atoms with Crippen molar-refractivity contribution >= 4 is 6.34 Å². The molecule has 0 atom stereocenters. The van der Waals surface area contributed by atoms with Gasteiger partial charge in [0, 0.05) is 0 Å². The highest BCUT2D eigenvalue weighted by molar-refractivity contribution is 5.57. The Balaban J connectivity index is 2.52. The average Bonchev–Trinajstić information content (AvgIpc) is 1.86. The fourth-order valence-electron chi connectivity index (χ4n) is 0.215. The van der Waals surface area contributed by atoms with E-state index in [1.807, 2.05) is 0 Å². The number of hydrogen-bond donors (Lipinski definition) is 1. The maximum absolute atomic E-state index is 4.42. The highest BCUT2D eigenvalue weighted by Crippen LogP contribution is 1.90. The van der Waals surface area contributed by atoms with Gasteiger partial charge >= 0.3 is 0 Å². The van der Waals surface area contributed by atoms with Crippen LogP contribution in [-0.2, 0) is 4.84 Å². The zero-order valence-electron chi connectivity index (χ0n) is 3.14. The van der Waals surface area contributed by atoms with Crippen molar-refractivity contribution in [2.24, 2.45) is 5.16 Å². The summed E-state index contributed by atoms with van der Waals surface area (Å²) in [5, 5.41) is 5.94. The predicted octanol–water partition coefficient (Wildman–Crippen LogP) is 0.0207. The van der Waals surface area contributed by atoms with Crippen LogP contribution in [0, 0.1) is 0 Å². The third-order valence-electron chi connectivity index (χ3n) is 0.441. The zero-order valence-corrected chi connectivity index (χ0v) is 3.14. The molecule has 1 rings (SSSR count). The van der Waals surface area contributed by atoms with Crippen LogP contribution in [0.25, 0.3) is 0 Å². The van der Waals surface area contributed by atoms with Crippen molar-refractivity contribution in [2.45, 2.75) is 0 Å². The minimum atomic E-state index is 0.481. The monoisotopic (exact) mass is 84.0 g/mol. The first-order valence-electron chi connectivity index (χ1n) is 1.54. The highest BCUT2D eigenvalue weighted by Gasteiger charge is 1.92. The Labute approximate surface area is 35.3 Å². The molecule has 0 aromatic rings. The van der Waals surface area contributed by atoms with Gasteiger partial charge in [0.25, 0.3) is 0 Å². The van der Waals surface area contributed by atoms with E-state index in [4.69, 9.17) is 0 Å². The first-order chi connectivity index (χ1) is 2.89. The Morgan fingerprint density at radius 3 is 3.00 bits per heavy atom. The molecule has 3 nitrogen and oxygen atoms in total. The molecule has 0 saturated carbocycles. The molecule has 0 aromatic heterocycles. The summed E-state index contributed by atoms with van der Waals surface area (Å²) in [5.74, 6) is 0.481. The minimum Gasteiger partial charge on any atom is -0.338 e.